The van der Waals surface area contributed by atoms with Gasteiger partial charge in [-0.1, -0.05) is 6.07 Å². The highest BCUT2D eigenvalue weighted by Gasteiger charge is 2.05. The van der Waals surface area contributed by atoms with Crippen molar-refractivity contribution in [1.82, 2.24) is 5.32 Å². The number of primary amides is 1. The van der Waals surface area contributed by atoms with Crippen molar-refractivity contribution in [1.29, 1.82) is 0 Å². The van der Waals surface area contributed by atoms with Crippen LogP contribution in [0.25, 0.3) is 0 Å². The maximum atomic E-state index is 10.6. The van der Waals surface area contributed by atoms with E-state index in [9.17, 15) is 4.79 Å². The lowest BCUT2D eigenvalue weighted by Gasteiger charge is -2.11. The molecule has 0 aromatic heterocycles. The third kappa shape index (κ3) is 3.34. The number of carbonyl (C=O) groups is 1. The fourth-order valence-electron chi connectivity index (χ4n) is 1.29. The van der Waals surface area contributed by atoms with E-state index >= 15 is 0 Å². The Bertz CT molecular complexity index is 366. The Morgan fingerprint density at radius 2 is 2.19 bits per heavy atom. The summed E-state index contributed by atoms with van der Waals surface area (Å²) in [5.41, 5.74) is 5.89. The molecule has 88 valence electrons. The lowest BCUT2D eigenvalue weighted by atomic mass is 10.2. The highest BCUT2D eigenvalue weighted by molar-refractivity contribution is 5.71. The number of benzene rings is 1. The van der Waals surface area contributed by atoms with Crippen molar-refractivity contribution in [3.05, 3.63) is 23.8 Å². The van der Waals surface area contributed by atoms with Gasteiger partial charge in [-0.25, -0.2) is 4.79 Å². The van der Waals surface area contributed by atoms with Gasteiger partial charge in [-0.2, -0.15) is 0 Å². The molecule has 0 atom stereocenters. The van der Waals surface area contributed by atoms with E-state index in [-0.39, 0.29) is 0 Å². The number of methoxy groups -OCH3 is 1. The summed E-state index contributed by atoms with van der Waals surface area (Å²) < 4.78 is 10.5. The Morgan fingerprint density at radius 3 is 2.75 bits per heavy atom. The monoisotopic (exact) mass is 224 g/mol. The van der Waals surface area contributed by atoms with E-state index in [1.165, 1.54) is 0 Å². The fourth-order valence-corrected chi connectivity index (χ4v) is 1.29. The van der Waals surface area contributed by atoms with Crippen LogP contribution < -0.4 is 20.5 Å². The molecule has 0 bridgehead atoms. The summed E-state index contributed by atoms with van der Waals surface area (Å²) in [5.74, 6) is 1.33. The van der Waals surface area contributed by atoms with Crippen LogP contribution in [0.3, 0.4) is 0 Å². The Hall–Kier alpha value is -1.91. The van der Waals surface area contributed by atoms with Crippen LogP contribution in [0.2, 0.25) is 0 Å². The van der Waals surface area contributed by atoms with E-state index in [2.05, 4.69) is 5.32 Å². The van der Waals surface area contributed by atoms with Gasteiger partial charge in [-0.3, -0.25) is 0 Å². The van der Waals surface area contributed by atoms with Gasteiger partial charge >= 0.3 is 6.03 Å². The molecule has 5 nitrogen and oxygen atoms in total. The minimum absolute atomic E-state index is 0.374. The minimum Gasteiger partial charge on any atom is -0.493 e. The molecule has 0 spiro atoms. The van der Waals surface area contributed by atoms with Gasteiger partial charge in [0, 0.05) is 6.54 Å². The van der Waals surface area contributed by atoms with E-state index in [0.29, 0.717) is 24.7 Å². The van der Waals surface area contributed by atoms with Crippen molar-refractivity contribution >= 4 is 6.03 Å². The van der Waals surface area contributed by atoms with Gasteiger partial charge in [-0.05, 0) is 24.6 Å². The van der Waals surface area contributed by atoms with E-state index in [1.54, 1.807) is 13.2 Å². The quantitative estimate of drug-likeness (QED) is 0.790. The van der Waals surface area contributed by atoms with Crippen molar-refractivity contribution in [3.63, 3.8) is 0 Å². The molecule has 0 radical (unpaired) electrons. The lowest BCUT2D eigenvalue weighted by Crippen LogP contribution is -2.28. The zero-order chi connectivity index (χ0) is 12.0. The summed E-state index contributed by atoms with van der Waals surface area (Å²) in [5, 5.41) is 2.51. The highest BCUT2D eigenvalue weighted by atomic mass is 16.5. The van der Waals surface area contributed by atoms with Gasteiger partial charge < -0.3 is 20.5 Å². The Morgan fingerprint density at radius 1 is 1.44 bits per heavy atom. The second-order valence-corrected chi connectivity index (χ2v) is 3.14. The highest BCUT2D eigenvalue weighted by Crippen LogP contribution is 2.27. The van der Waals surface area contributed by atoms with Gasteiger partial charge in [0.2, 0.25) is 0 Å². The molecular weight excluding hydrogens is 208 g/mol. The van der Waals surface area contributed by atoms with Crippen molar-refractivity contribution in [2.24, 2.45) is 5.73 Å². The first-order valence-electron chi connectivity index (χ1n) is 5.00. The van der Waals surface area contributed by atoms with Gasteiger partial charge in [0.25, 0.3) is 0 Å². The number of nitrogens with one attached hydrogen (secondary N) is 1. The van der Waals surface area contributed by atoms with Gasteiger partial charge in [-0.15, -0.1) is 0 Å². The number of hydrogen-bond acceptors (Lipinski definition) is 3. The molecule has 0 aliphatic heterocycles. The first-order chi connectivity index (χ1) is 7.67. The summed E-state index contributed by atoms with van der Waals surface area (Å²) in [7, 11) is 1.58. The van der Waals surface area contributed by atoms with Crippen LogP contribution in [-0.2, 0) is 6.54 Å². The average molecular weight is 224 g/mol. The Kier molecular flexibility index (Phi) is 4.44. The lowest BCUT2D eigenvalue weighted by molar-refractivity contribution is 0.248. The van der Waals surface area contributed by atoms with Gasteiger partial charge in [0.15, 0.2) is 11.5 Å². The summed E-state index contributed by atoms with van der Waals surface area (Å²) in [6.45, 7) is 2.83. The Balaban J connectivity index is 2.79. The van der Waals surface area contributed by atoms with Crippen LogP contribution in [0.5, 0.6) is 11.5 Å². The zero-order valence-corrected chi connectivity index (χ0v) is 9.45. The number of rotatable bonds is 5. The van der Waals surface area contributed by atoms with E-state index in [1.807, 2.05) is 19.1 Å². The smallest absolute Gasteiger partial charge is 0.312 e. The molecule has 0 heterocycles. The SMILES string of the molecule is CCOc1cc(CNC(N)=O)ccc1OC. The molecule has 5 heteroatoms. The first kappa shape index (κ1) is 12.2. The molecule has 0 saturated heterocycles. The second kappa shape index (κ2) is 5.85. The van der Waals surface area contributed by atoms with Crippen LogP contribution in [-0.4, -0.2) is 19.7 Å². The van der Waals surface area contributed by atoms with Gasteiger partial charge in [0.05, 0.1) is 13.7 Å². The molecule has 16 heavy (non-hydrogen) atoms. The fraction of sp³-hybridized carbons (Fsp3) is 0.364. The normalized spacial score (nSPS) is 9.62. The zero-order valence-electron chi connectivity index (χ0n) is 9.45. The third-order valence-electron chi connectivity index (χ3n) is 1.99. The molecule has 0 aliphatic carbocycles. The molecular formula is C11H16N2O3. The van der Waals surface area contributed by atoms with Crippen LogP contribution in [0.1, 0.15) is 12.5 Å². The number of nitrogens with two attached hydrogens (primary N) is 1. The van der Waals surface area contributed by atoms with Crippen molar-refractivity contribution in [3.8, 4) is 11.5 Å². The first-order valence-corrected chi connectivity index (χ1v) is 5.00. The maximum Gasteiger partial charge on any atom is 0.312 e. The number of hydrogen-bond donors (Lipinski definition) is 2. The second-order valence-electron chi connectivity index (χ2n) is 3.14. The van der Waals surface area contributed by atoms with Crippen molar-refractivity contribution < 1.29 is 14.3 Å². The van der Waals surface area contributed by atoms with Crippen molar-refractivity contribution in [2.75, 3.05) is 13.7 Å². The molecule has 0 saturated carbocycles. The number of ether oxygens (including phenoxy) is 2. The third-order valence-corrected chi connectivity index (χ3v) is 1.99. The summed E-state index contributed by atoms with van der Waals surface area (Å²) in [4.78, 5) is 10.6. The maximum absolute atomic E-state index is 10.6. The van der Waals surface area contributed by atoms with Crippen molar-refractivity contribution in [2.45, 2.75) is 13.5 Å². The molecule has 0 unspecified atom stereocenters. The van der Waals surface area contributed by atoms with Crippen LogP contribution >= 0.6 is 0 Å². The van der Waals surface area contributed by atoms with Crippen LogP contribution in [0.15, 0.2) is 18.2 Å². The predicted molar refractivity (Wildman–Crippen MR) is 60.6 cm³/mol. The van der Waals surface area contributed by atoms with Crippen LogP contribution in [0.4, 0.5) is 4.79 Å². The Labute approximate surface area is 94.5 Å². The summed E-state index contributed by atoms with van der Waals surface area (Å²) >= 11 is 0. The molecule has 1 rings (SSSR count). The number of carbonyl (C=O) groups excluding carboxylic acids is 1. The molecule has 2 amide bonds. The average Bonchev–Trinajstić information content (AvgIpc) is 2.27. The molecule has 3 N–H and O–H groups in total. The molecule has 1 aromatic rings. The number of urea groups is 1. The minimum atomic E-state index is -0.547. The molecule has 0 fully saturated rings. The number of amides is 2. The predicted octanol–water partition coefficient (Wildman–Crippen LogP) is 1.26. The van der Waals surface area contributed by atoms with E-state index in [4.69, 9.17) is 15.2 Å². The largest absolute Gasteiger partial charge is 0.493 e. The van der Waals surface area contributed by atoms with E-state index in [0.717, 1.165) is 5.56 Å². The molecule has 1 aromatic carbocycles. The summed E-state index contributed by atoms with van der Waals surface area (Å²) in [6.07, 6.45) is 0. The summed E-state index contributed by atoms with van der Waals surface area (Å²) in [6, 6.07) is 4.91. The van der Waals surface area contributed by atoms with E-state index < -0.39 is 6.03 Å². The standard InChI is InChI=1S/C11H16N2O3/c1-3-16-10-6-8(7-13-11(12)14)4-5-9(10)15-2/h4-6H,3,7H2,1-2H3,(H3,12,13,14). The van der Waals surface area contributed by atoms with Gasteiger partial charge in [0.1, 0.15) is 0 Å². The molecule has 0 aliphatic rings. The van der Waals surface area contributed by atoms with Crippen LogP contribution in [0, 0.1) is 0 Å². The topological polar surface area (TPSA) is 73.6 Å².